The predicted octanol–water partition coefficient (Wildman–Crippen LogP) is 3.71. The maximum absolute atomic E-state index is 2.42. The van der Waals surface area contributed by atoms with Crippen molar-refractivity contribution in [3.8, 4) is 0 Å². The normalized spacial score (nSPS) is 9.00. The van der Waals surface area contributed by atoms with Gasteiger partial charge in [0.15, 0.2) is 0 Å². The molecule has 0 amide bonds. The van der Waals surface area contributed by atoms with Crippen LogP contribution in [-0.2, 0) is 0 Å². The summed E-state index contributed by atoms with van der Waals surface area (Å²) in [6.45, 7) is 8.74. The second kappa shape index (κ2) is 12.1. The second-order valence-corrected chi connectivity index (χ2v) is 2.47. The standard InChI is InChI=1S/C8H18.CH5P/c1-4-7-8(5-2)6-3;1-2/h8H,4-7H2,1-3H3;2H2,1H3. The molecule has 0 aliphatic heterocycles. The fourth-order valence-corrected chi connectivity index (χ4v) is 1.11. The van der Waals surface area contributed by atoms with Gasteiger partial charge in [-0.2, -0.15) is 0 Å². The number of hydrogen-bond donors (Lipinski definition) is 0. The van der Waals surface area contributed by atoms with Crippen molar-refractivity contribution < 1.29 is 0 Å². The second-order valence-electron chi connectivity index (χ2n) is 2.47. The van der Waals surface area contributed by atoms with Gasteiger partial charge in [0.1, 0.15) is 0 Å². The minimum absolute atomic E-state index is 1.000. The molecule has 0 aromatic rings. The van der Waals surface area contributed by atoms with E-state index in [1.807, 2.05) is 6.66 Å². The lowest BCUT2D eigenvalue weighted by molar-refractivity contribution is 0.451. The summed E-state index contributed by atoms with van der Waals surface area (Å²) in [7, 11) is 2.42. The Balaban J connectivity index is 0. The van der Waals surface area contributed by atoms with E-state index >= 15 is 0 Å². The Morgan fingerprint density at radius 2 is 1.40 bits per heavy atom. The Hall–Kier alpha value is 0.430. The van der Waals surface area contributed by atoms with Crippen molar-refractivity contribution in [1.29, 1.82) is 0 Å². The highest BCUT2D eigenvalue weighted by molar-refractivity contribution is 7.15. The summed E-state index contributed by atoms with van der Waals surface area (Å²) in [6, 6.07) is 0. The van der Waals surface area contributed by atoms with E-state index in [-0.39, 0.29) is 0 Å². The van der Waals surface area contributed by atoms with Gasteiger partial charge in [0.25, 0.3) is 0 Å². The highest BCUT2D eigenvalue weighted by atomic mass is 31.0. The van der Waals surface area contributed by atoms with Crippen molar-refractivity contribution >= 4 is 9.24 Å². The molecule has 0 aliphatic carbocycles. The molecule has 10 heavy (non-hydrogen) atoms. The maximum atomic E-state index is 2.42. The van der Waals surface area contributed by atoms with Gasteiger partial charge in [-0.05, 0) is 5.92 Å². The summed E-state index contributed by atoms with van der Waals surface area (Å²) in [5, 5.41) is 0. The minimum atomic E-state index is 1.000. The maximum Gasteiger partial charge on any atom is -0.0420 e. The van der Waals surface area contributed by atoms with Crippen molar-refractivity contribution in [2.45, 2.75) is 46.5 Å². The first-order chi connectivity index (χ1) is 4.85. The van der Waals surface area contributed by atoms with E-state index in [0.29, 0.717) is 0 Å². The first-order valence-electron chi connectivity index (χ1n) is 4.42. The molecule has 0 fully saturated rings. The Labute approximate surface area is 69.0 Å². The van der Waals surface area contributed by atoms with E-state index in [4.69, 9.17) is 0 Å². The van der Waals surface area contributed by atoms with Crippen LogP contribution in [0, 0.1) is 5.92 Å². The van der Waals surface area contributed by atoms with Crippen LogP contribution in [0.25, 0.3) is 0 Å². The molecule has 1 unspecified atom stereocenters. The van der Waals surface area contributed by atoms with E-state index in [1.54, 1.807) is 0 Å². The first kappa shape index (κ1) is 13.1. The Morgan fingerprint density at radius 1 is 1.00 bits per heavy atom. The molecule has 0 saturated carbocycles. The minimum Gasteiger partial charge on any atom is -0.141 e. The van der Waals surface area contributed by atoms with Crippen LogP contribution in [-0.4, -0.2) is 6.66 Å². The molecular formula is C9H23P. The fraction of sp³-hybridized carbons (Fsp3) is 1.00. The Kier molecular flexibility index (Phi) is 15.8. The van der Waals surface area contributed by atoms with Crippen LogP contribution in [0.4, 0.5) is 0 Å². The van der Waals surface area contributed by atoms with Crippen molar-refractivity contribution in [3.05, 3.63) is 0 Å². The van der Waals surface area contributed by atoms with E-state index in [2.05, 4.69) is 30.0 Å². The molecule has 0 saturated heterocycles. The largest absolute Gasteiger partial charge is 0.141 e. The molecule has 1 heteroatoms. The van der Waals surface area contributed by atoms with Crippen LogP contribution >= 0.6 is 9.24 Å². The van der Waals surface area contributed by atoms with E-state index in [0.717, 1.165) is 5.92 Å². The molecule has 0 N–H and O–H groups in total. The van der Waals surface area contributed by atoms with Gasteiger partial charge in [-0.25, -0.2) is 0 Å². The van der Waals surface area contributed by atoms with E-state index in [1.165, 1.54) is 25.7 Å². The summed E-state index contributed by atoms with van der Waals surface area (Å²) in [6.07, 6.45) is 5.51. The first-order valence-corrected chi connectivity index (χ1v) is 5.58. The SMILES string of the molecule is CCCC(CC)CC.CP. The molecule has 0 heterocycles. The van der Waals surface area contributed by atoms with Crippen LogP contribution in [0.5, 0.6) is 0 Å². The molecule has 0 spiro atoms. The average molecular weight is 162 g/mol. The third-order valence-corrected chi connectivity index (χ3v) is 1.85. The smallest absolute Gasteiger partial charge is 0.0420 e. The molecule has 0 aromatic heterocycles. The topological polar surface area (TPSA) is 0 Å². The molecule has 0 rings (SSSR count). The van der Waals surface area contributed by atoms with Gasteiger partial charge in [0, 0.05) is 0 Å². The third-order valence-electron chi connectivity index (χ3n) is 1.85. The lowest BCUT2D eigenvalue weighted by Crippen LogP contribution is -1.94. The van der Waals surface area contributed by atoms with Gasteiger partial charge < -0.3 is 0 Å². The summed E-state index contributed by atoms with van der Waals surface area (Å²) in [4.78, 5) is 0. The Bertz CT molecular complexity index is 40.0. The molecule has 1 atom stereocenters. The Morgan fingerprint density at radius 3 is 1.50 bits per heavy atom. The van der Waals surface area contributed by atoms with Crippen molar-refractivity contribution in [3.63, 3.8) is 0 Å². The number of hydrogen-bond acceptors (Lipinski definition) is 0. The lowest BCUT2D eigenvalue weighted by Gasteiger charge is -2.08. The van der Waals surface area contributed by atoms with E-state index in [9.17, 15) is 0 Å². The van der Waals surface area contributed by atoms with Gasteiger partial charge in [-0.1, -0.05) is 53.1 Å². The molecule has 0 nitrogen and oxygen atoms in total. The third kappa shape index (κ3) is 8.43. The van der Waals surface area contributed by atoms with Crippen LogP contribution in [0.1, 0.15) is 46.5 Å². The van der Waals surface area contributed by atoms with Crippen LogP contribution in [0.15, 0.2) is 0 Å². The molecular weight excluding hydrogens is 139 g/mol. The van der Waals surface area contributed by atoms with Crippen LogP contribution in [0.3, 0.4) is 0 Å². The van der Waals surface area contributed by atoms with Crippen LogP contribution in [0.2, 0.25) is 0 Å². The molecule has 0 bridgehead atoms. The predicted molar refractivity (Wildman–Crippen MR) is 54.6 cm³/mol. The van der Waals surface area contributed by atoms with Gasteiger partial charge in [0.05, 0.1) is 0 Å². The van der Waals surface area contributed by atoms with Crippen molar-refractivity contribution in [2.24, 2.45) is 5.92 Å². The zero-order valence-corrected chi connectivity index (χ0v) is 9.14. The van der Waals surface area contributed by atoms with Gasteiger partial charge in [0.2, 0.25) is 0 Å². The zero-order valence-electron chi connectivity index (χ0n) is 7.98. The van der Waals surface area contributed by atoms with Crippen LogP contribution < -0.4 is 0 Å². The van der Waals surface area contributed by atoms with E-state index < -0.39 is 0 Å². The summed E-state index contributed by atoms with van der Waals surface area (Å²) in [5.41, 5.74) is 0. The zero-order chi connectivity index (χ0) is 8.41. The molecule has 0 aromatic carbocycles. The fourth-order valence-electron chi connectivity index (χ4n) is 1.11. The monoisotopic (exact) mass is 162 g/mol. The van der Waals surface area contributed by atoms with Gasteiger partial charge in [-0.15, -0.1) is 9.24 Å². The summed E-state index contributed by atoms with van der Waals surface area (Å²) < 4.78 is 0. The molecule has 0 radical (unpaired) electrons. The van der Waals surface area contributed by atoms with Gasteiger partial charge >= 0.3 is 0 Å². The number of rotatable bonds is 4. The molecule has 64 valence electrons. The van der Waals surface area contributed by atoms with Crippen molar-refractivity contribution in [1.82, 2.24) is 0 Å². The quantitative estimate of drug-likeness (QED) is 0.553. The highest BCUT2D eigenvalue weighted by Crippen LogP contribution is 2.13. The average Bonchev–Trinajstić information content (AvgIpc) is 2.04. The molecule has 0 aliphatic rings. The van der Waals surface area contributed by atoms with Crippen molar-refractivity contribution in [2.75, 3.05) is 6.66 Å². The lowest BCUT2D eigenvalue weighted by atomic mass is 9.98. The van der Waals surface area contributed by atoms with Gasteiger partial charge in [-0.3, -0.25) is 0 Å². The summed E-state index contributed by atoms with van der Waals surface area (Å²) >= 11 is 0. The highest BCUT2D eigenvalue weighted by Gasteiger charge is 1.98. The summed E-state index contributed by atoms with van der Waals surface area (Å²) in [5.74, 6) is 1.000.